The monoisotopic (exact) mass is 358 g/mol. The molecule has 1 fully saturated rings. The van der Waals surface area contributed by atoms with Crippen LogP contribution < -0.4 is 9.47 Å². The molecule has 0 bridgehead atoms. The Hall–Kier alpha value is -2.33. The smallest absolute Gasteiger partial charge is 0.394 e. The van der Waals surface area contributed by atoms with Crippen molar-refractivity contribution < 1.29 is 32.6 Å². The molecule has 0 aromatic heterocycles. The van der Waals surface area contributed by atoms with Gasteiger partial charge in [0.1, 0.15) is 0 Å². The van der Waals surface area contributed by atoms with Crippen molar-refractivity contribution in [1.29, 1.82) is 0 Å². The van der Waals surface area contributed by atoms with Crippen molar-refractivity contribution in [3.63, 3.8) is 0 Å². The quantitative estimate of drug-likeness (QED) is 0.730. The number of ether oxygens (including phenoxy) is 2. The molecule has 0 saturated carbocycles. The van der Waals surface area contributed by atoms with E-state index in [1.165, 1.54) is 36.7 Å². The molecule has 1 aromatic carbocycles. The van der Waals surface area contributed by atoms with Crippen LogP contribution in [0, 0.1) is 0 Å². The predicted molar refractivity (Wildman–Crippen MR) is 82.5 cm³/mol. The Bertz CT molecular complexity index is 739. The van der Waals surface area contributed by atoms with Crippen molar-refractivity contribution in [1.82, 2.24) is 9.21 Å². The number of hydrogen-bond donors (Lipinski definition) is 1. The summed E-state index contributed by atoms with van der Waals surface area (Å²) < 4.78 is 36.7. The largest absolute Gasteiger partial charge is 0.493 e. The molecular weight excluding hydrogens is 340 g/mol. The zero-order valence-corrected chi connectivity index (χ0v) is 14.1. The Morgan fingerprint density at radius 3 is 2.12 bits per heavy atom. The van der Waals surface area contributed by atoms with Gasteiger partial charge in [-0.25, -0.2) is 13.2 Å². The van der Waals surface area contributed by atoms with Crippen LogP contribution in [-0.4, -0.2) is 75.0 Å². The van der Waals surface area contributed by atoms with Crippen LogP contribution in [0.2, 0.25) is 0 Å². The summed E-state index contributed by atoms with van der Waals surface area (Å²) in [6.07, 6.45) is 0. The molecule has 0 radical (unpaired) electrons. The third-order valence-corrected chi connectivity index (χ3v) is 5.60. The second kappa shape index (κ2) is 7.05. The Morgan fingerprint density at radius 2 is 1.62 bits per heavy atom. The highest BCUT2D eigenvalue weighted by molar-refractivity contribution is 7.89. The van der Waals surface area contributed by atoms with Crippen LogP contribution in [0.25, 0.3) is 0 Å². The third-order valence-electron chi connectivity index (χ3n) is 3.70. The van der Waals surface area contributed by atoms with Gasteiger partial charge in [-0.2, -0.15) is 4.31 Å². The highest BCUT2D eigenvalue weighted by Crippen LogP contribution is 2.30. The second-order valence-corrected chi connectivity index (χ2v) is 6.96. The van der Waals surface area contributed by atoms with Gasteiger partial charge in [0, 0.05) is 32.2 Å². The van der Waals surface area contributed by atoms with Crippen molar-refractivity contribution in [2.24, 2.45) is 0 Å². The average Bonchev–Trinajstić information content (AvgIpc) is 2.60. The number of rotatable bonds is 4. The molecule has 1 aliphatic rings. The molecule has 9 nitrogen and oxygen atoms in total. The summed E-state index contributed by atoms with van der Waals surface area (Å²) >= 11 is 0. The SMILES string of the molecule is COc1ccc(S(=O)(=O)N2CCN(C(=O)C(=O)O)CC2)cc1OC. The van der Waals surface area contributed by atoms with Gasteiger partial charge < -0.3 is 19.5 Å². The number of nitrogens with zero attached hydrogens (tertiary/aromatic N) is 2. The van der Waals surface area contributed by atoms with Crippen LogP contribution in [0.3, 0.4) is 0 Å². The maximum absolute atomic E-state index is 12.7. The van der Waals surface area contributed by atoms with Gasteiger partial charge in [0.2, 0.25) is 10.0 Å². The topological polar surface area (TPSA) is 113 Å². The molecule has 0 atom stereocenters. The molecule has 1 saturated heterocycles. The van der Waals surface area contributed by atoms with Crippen LogP contribution >= 0.6 is 0 Å². The van der Waals surface area contributed by atoms with Crippen LogP contribution in [0.1, 0.15) is 0 Å². The number of piperazine rings is 1. The van der Waals surface area contributed by atoms with E-state index in [0.29, 0.717) is 11.5 Å². The van der Waals surface area contributed by atoms with Crippen molar-refractivity contribution in [3.05, 3.63) is 18.2 Å². The van der Waals surface area contributed by atoms with Gasteiger partial charge in [0.15, 0.2) is 11.5 Å². The summed E-state index contributed by atoms with van der Waals surface area (Å²) in [4.78, 5) is 23.2. The third kappa shape index (κ3) is 3.44. The summed E-state index contributed by atoms with van der Waals surface area (Å²) in [5.41, 5.74) is 0. The summed E-state index contributed by atoms with van der Waals surface area (Å²) in [5, 5.41) is 8.70. The van der Waals surface area contributed by atoms with Crippen LogP contribution in [0.4, 0.5) is 0 Å². The summed E-state index contributed by atoms with van der Waals surface area (Å²) in [5.74, 6) is -1.88. The van der Waals surface area contributed by atoms with E-state index in [0.717, 1.165) is 4.90 Å². The predicted octanol–water partition coefficient (Wildman–Crippen LogP) is -0.379. The molecular formula is C14H18N2O7S. The number of benzene rings is 1. The van der Waals surface area contributed by atoms with E-state index in [1.54, 1.807) is 0 Å². The molecule has 0 aliphatic carbocycles. The summed E-state index contributed by atoms with van der Waals surface area (Å²) in [7, 11) is -0.920. The van der Waals surface area contributed by atoms with Crippen LogP contribution in [-0.2, 0) is 19.6 Å². The number of hydrogen-bond acceptors (Lipinski definition) is 6. The Balaban J connectivity index is 2.18. The zero-order chi connectivity index (χ0) is 17.9. The lowest BCUT2D eigenvalue weighted by atomic mass is 10.3. The zero-order valence-electron chi connectivity index (χ0n) is 13.3. The first kappa shape index (κ1) is 18.0. The number of amides is 1. The average molecular weight is 358 g/mol. The maximum atomic E-state index is 12.7. The van der Waals surface area contributed by atoms with Gasteiger partial charge in [-0.1, -0.05) is 0 Å². The van der Waals surface area contributed by atoms with Gasteiger partial charge in [-0.15, -0.1) is 0 Å². The Morgan fingerprint density at radius 1 is 1.04 bits per heavy atom. The van der Waals surface area contributed by atoms with Gasteiger partial charge in [-0.3, -0.25) is 4.79 Å². The van der Waals surface area contributed by atoms with Crippen molar-refractivity contribution in [2.75, 3.05) is 40.4 Å². The lowest BCUT2D eigenvalue weighted by Crippen LogP contribution is -2.52. The van der Waals surface area contributed by atoms with E-state index < -0.39 is 21.9 Å². The lowest BCUT2D eigenvalue weighted by Gasteiger charge is -2.33. The van der Waals surface area contributed by atoms with Crippen molar-refractivity contribution in [3.8, 4) is 11.5 Å². The number of methoxy groups -OCH3 is 2. The fourth-order valence-corrected chi connectivity index (χ4v) is 3.83. The maximum Gasteiger partial charge on any atom is 0.394 e. The van der Waals surface area contributed by atoms with Crippen LogP contribution in [0.5, 0.6) is 11.5 Å². The molecule has 1 aromatic rings. The highest BCUT2D eigenvalue weighted by atomic mass is 32.2. The molecule has 2 rings (SSSR count). The molecule has 132 valence electrons. The lowest BCUT2D eigenvalue weighted by molar-refractivity contribution is -0.156. The molecule has 0 unspecified atom stereocenters. The first-order valence-corrected chi connectivity index (χ1v) is 8.49. The fourth-order valence-electron chi connectivity index (χ4n) is 2.39. The van der Waals surface area contributed by atoms with E-state index in [2.05, 4.69) is 0 Å². The van der Waals surface area contributed by atoms with Crippen molar-refractivity contribution >= 4 is 21.9 Å². The molecule has 24 heavy (non-hydrogen) atoms. The molecule has 1 amide bonds. The van der Waals surface area contributed by atoms with Crippen molar-refractivity contribution in [2.45, 2.75) is 4.90 Å². The van der Waals surface area contributed by atoms with E-state index in [4.69, 9.17) is 14.6 Å². The number of aliphatic carboxylic acids is 1. The number of sulfonamides is 1. The minimum absolute atomic E-state index is 0.0235. The Kier molecular flexibility index (Phi) is 5.30. The number of carbonyl (C=O) groups excluding carboxylic acids is 1. The number of carboxylic acids is 1. The minimum Gasteiger partial charge on any atom is -0.493 e. The van der Waals surface area contributed by atoms with Gasteiger partial charge >= 0.3 is 11.9 Å². The Labute approximate surface area is 139 Å². The summed E-state index contributed by atoms with van der Waals surface area (Å²) in [6, 6.07) is 4.27. The minimum atomic E-state index is -3.78. The molecule has 1 aliphatic heterocycles. The number of carboxylic acid groups (broad SMARTS) is 1. The van der Waals surface area contributed by atoms with Gasteiger partial charge in [-0.05, 0) is 12.1 Å². The first-order chi connectivity index (χ1) is 11.3. The molecule has 1 N–H and O–H groups in total. The fraction of sp³-hybridized carbons (Fsp3) is 0.429. The first-order valence-electron chi connectivity index (χ1n) is 7.05. The van der Waals surface area contributed by atoms with Crippen LogP contribution in [0.15, 0.2) is 23.1 Å². The highest BCUT2D eigenvalue weighted by Gasteiger charge is 2.32. The molecule has 0 spiro atoms. The van der Waals surface area contributed by atoms with Gasteiger partial charge in [0.05, 0.1) is 19.1 Å². The second-order valence-electron chi connectivity index (χ2n) is 5.02. The van der Waals surface area contributed by atoms with E-state index in [-0.39, 0.29) is 31.1 Å². The molecule has 1 heterocycles. The summed E-state index contributed by atoms with van der Waals surface area (Å²) in [6.45, 7) is 0.0979. The van der Waals surface area contributed by atoms with E-state index in [1.807, 2.05) is 0 Å². The van der Waals surface area contributed by atoms with E-state index >= 15 is 0 Å². The van der Waals surface area contributed by atoms with Gasteiger partial charge in [0.25, 0.3) is 0 Å². The van der Waals surface area contributed by atoms with E-state index in [9.17, 15) is 18.0 Å². The standard InChI is InChI=1S/C14H18N2O7S/c1-22-11-4-3-10(9-12(11)23-2)24(20,21)16-7-5-15(6-8-16)13(17)14(18)19/h3-4,9H,5-8H2,1-2H3,(H,18,19). The normalized spacial score (nSPS) is 15.8. The molecule has 10 heteroatoms. The number of carbonyl (C=O) groups is 2.